The minimum Gasteiger partial charge on any atom is -0.543 e. The van der Waals surface area contributed by atoms with Crippen LogP contribution in [-0.4, -0.2) is 17.9 Å². The van der Waals surface area contributed by atoms with E-state index in [9.17, 15) is 23.1 Å². The second kappa shape index (κ2) is 7.22. The maximum Gasteiger partial charge on any atom is 0.399 e. The summed E-state index contributed by atoms with van der Waals surface area (Å²) in [5.41, 5.74) is -0.896. The number of carbonyl (C=O) groups is 1. The van der Waals surface area contributed by atoms with Crippen molar-refractivity contribution in [3.63, 3.8) is 0 Å². The number of carboxylic acids is 1. The maximum atomic E-state index is 13.8. The first-order chi connectivity index (χ1) is 12.6. The molecule has 3 rings (SSSR count). The van der Waals surface area contributed by atoms with Crippen LogP contribution in [0.4, 0.5) is 18.9 Å². The standard InChI is InChI=1S/C17H10Cl3F3N2O2/c18-9-3-1-8(2-4-9)15-13(17(21,22)23)14(16(26)27)24-25(15)12-6-5-10(19)7-11(12)20/h1-7,13,15H,(H,26,27)/p-1. The molecule has 2 unspecified atom stereocenters. The highest BCUT2D eigenvalue weighted by Crippen LogP contribution is 2.48. The Morgan fingerprint density at radius 3 is 2.15 bits per heavy atom. The zero-order valence-electron chi connectivity index (χ0n) is 13.2. The quantitative estimate of drug-likeness (QED) is 0.712. The number of aliphatic carboxylic acids is 1. The molecule has 0 N–H and O–H groups in total. The van der Waals surface area contributed by atoms with Crippen molar-refractivity contribution in [3.8, 4) is 0 Å². The van der Waals surface area contributed by atoms with Crippen molar-refractivity contribution in [2.75, 3.05) is 5.01 Å². The van der Waals surface area contributed by atoms with E-state index in [0.717, 1.165) is 5.01 Å². The fraction of sp³-hybridized carbons (Fsp3) is 0.176. The van der Waals surface area contributed by atoms with Gasteiger partial charge in [-0.3, -0.25) is 5.01 Å². The van der Waals surface area contributed by atoms with Gasteiger partial charge in [-0.25, -0.2) is 0 Å². The molecule has 2 atom stereocenters. The number of benzene rings is 2. The lowest BCUT2D eigenvalue weighted by Gasteiger charge is -2.30. The van der Waals surface area contributed by atoms with Crippen LogP contribution in [0.3, 0.4) is 0 Å². The lowest BCUT2D eigenvalue weighted by molar-refractivity contribution is -0.295. The van der Waals surface area contributed by atoms with Crippen LogP contribution in [-0.2, 0) is 4.79 Å². The number of carboxylic acid groups (broad SMARTS) is 1. The van der Waals surface area contributed by atoms with Gasteiger partial charge in [0, 0.05) is 10.0 Å². The summed E-state index contributed by atoms with van der Waals surface area (Å²) in [4.78, 5) is 11.4. The number of hydrazone groups is 1. The number of rotatable bonds is 3. The lowest BCUT2D eigenvalue weighted by atomic mass is 9.89. The number of carbonyl (C=O) groups excluding carboxylic acids is 1. The third-order valence-electron chi connectivity index (χ3n) is 4.02. The number of hydrogen-bond acceptors (Lipinski definition) is 4. The average Bonchev–Trinajstić information content (AvgIpc) is 2.96. The Balaban J connectivity index is 2.21. The summed E-state index contributed by atoms with van der Waals surface area (Å²) in [6, 6.07) is 8.15. The minimum absolute atomic E-state index is 0.0192. The van der Waals surface area contributed by atoms with Crippen molar-refractivity contribution < 1.29 is 23.1 Å². The lowest BCUT2D eigenvalue weighted by Crippen LogP contribution is -2.43. The molecule has 0 fully saturated rings. The second-order valence-corrected chi connectivity index (χ2v) is 7.01. The van der Waals surface area contributed by atoms with Crippen LogP contribution in [0.5, 0.6) is 0 Å². The molecule has 10 heteroatoms. The van der Waals surface area contributed by atoms with Gasteiger partial charge >= 0.3 is 6.18 Å². The third-order valence-corrected chi connectivity index (χ3v) is 4.81. The number of hydrogen-bond donors (Lipinski definition) is 0. The highest BCUT2D eigenvalue weighted by molar-refractivity contribution is 6.38. The molecule has 0 bridgehead atoms. The molecule has 2 aromatic rings. The van der Waals surface area contributed by atoms with Crippen molar-refractivity contribution in [3.05, 3.63) is 63.1 Å². The molecule has 1 aliphatic rings. The van der Waals surface area contributed by atoms with Crippen molar-refractivity contribution in [1.29, 1.82) is 0 Å². The van der Waals surface area contributed by atoms with Gasteiger partial charge in [-0.15, -0.1) is 0 Å². The number of halogens is 6. The summed E-state index contributed by atoms with van der Waals surface area (Å²) in [6.45, 7) is 0. The van der Waals surface area contributed by atoms with Gasteiger partial charge in [-0.05, 0) is 35.9 Å². The number of anilines is 1. The summed E-state index contributed by atoms with van der Waals surface area (Å²) in [7, 11) is 0. The van der Waals surface area contributed by atoms with Gasteiger partial charge in [0.15, 0.2) is 0 Å². The van der Waals surface area contributed by atoms with Crippen LogP contribution in [0, 0.1) is 5.92 Å². The molecule has 2 aromatic carbocycles. The van der Waals surface area contributed by atoms with Crippen molar-refractivity contribution in [1.82, 2.24) is 0 Å². The van der Waals surface area contributed by atoms with Gasteiger partial charge < -0.3 is 9.90 Å². The molecule has 0 saturated carbocycles. The Morgan fingerprint density at radius 1 is 1.04 bits per heavy atom. The molecule has 1 heterocycles. The highest BCUT2D eigenvalue weighted by Gasteiger charge is 2.55. The van der Waals surface area contributed by atoms with E-state index in [2.05, 4.69) is 5.10 Å². The number of alkyl halides is 3. The Kier molecular flexibility index (Phi) is 5.29. The smallest absolute Gasteiger partial charge is 0.399 e. The van der Waals surface area contributed by atoms with Crippen LogP contribution in [0.15, 0.2) is 47.6 Å². The Morgan fingerprint density at radius 2 is 1.63 bits per heavy atom. The number of nitrogens with zero attached hydrogens (tertiary/aromatic N) is 2. The first-order valence-corrected chi connectivity index (χ1v) is 8.59. The van der Waals surface area contributed by atoms with Gasteiger partial charge in [0.25, 0.3) is 0 Å². The molecule has 0 amide bonds. The van der Waals surface area contributed by atoms with E-state index < -0.39 is 29.8 Å². The van der Waals surface area contributed by atoms with E-state index in [1.54, 1.807) is 0 Å². The van der Waals surface area contributed by atoms with E-state index in [4.69, 9.17) is 34.8 Å². The van der Waals surface area contributed by atoms with Crippen LogP contribution >= 0.6 is 34.8 Å². The Labute approximate surface area is 166 Å². The molecule has 0 aliphatic carbocycles. The van der Waals surface area contributed by atoms with Gasteiger partial charge in [0.2, 0.25) is 0 Å². The Bertz CT molecular complexity index is 917. The average molecular weight is 437 g/mol. The van der Waals surface area contributed by atoms with Crippen LogP contribution < -0.4 is 10.1 Å². The molecule has 142 valence electrons. The van der Waals surface area contributed by atoms with Crippen LogP contribution in [0.1, 0.15) is 11.6 Å². The molecule has 27 heavy (non-hydrogen) atoms. The SMILES string of the molecule is O=C([O-])C1=NN(c2ccc(Cl)cc2Cl)C(c2ccc(Cl)cc2)C1C(F)(F)F. The van der Waals surface area contributed by atoms with Gasteiger partial charge in [-0.2, -0.15) is 18.3 Å². The molecule has 1 aliphatic heterocycles. The Hall–Kier alpha value is -1.96. The molecule has 0 saturated heterocycles. The normalized spacial score (nSPS) is 19.9. The predicted octanol–water partition coefficient (Wildman–Crippen LogP) is 4.49. The fourth-order valence-electron chi connectivity index (χ4n) is 2.90. The van der Waals surface area contributed by atoms with Crippen molar-refractivity contribution in [2.45, 2.75) is 12.2 Å². The first kappa shape index (κ1) is 19.8. The molecule has 0 radical (unpaired) electrons. The predicted molar refractivity (Wildman–Crippen MR) is 95.1 cm³/mol. The highest BCUT2D eigenvalue weighted by atomic mass is 35.5. The molecule has 0 spiro atoms. The zero-order valence-corrected chi connectivity index (χ0v) is 15.4. The maximum absolute atomic E-state index is 13.8. The molecular formula is C17H9Cl3F3N2O2-. The van der Waals surface area contributed by atoms with Gasteiger partial charge in [0.05, 0.1) is 28.4 Å². The summed E-state index contributed by atoms with van der Waals surface area (Å²) >= 11 is 17.8. The minimum atomic E-state index is -4.89. The molecule has 0 aromatic heterocycles. The van der Waals surface area contributed by atoms with Gasteiger partial charge in [0.1, 0.15) is 5.92 Å². The van der Waals surface area contributed by atoms with Crippen LogP contribution in [0.25, 0.3) is 0 Å². The monoisotopic (exact) mass is 435 g/mol. The van der Waals surface area contributed by atoms with E-state index in [-0.39, 0.29) is 21.3 Å². The van der Waals surface area contributed by atoms with E-state index in [1.807, 2.05) is 0 Å². The van der Waals surface area contributed by atoms with Gasteiger partial charge in [-0.1, -0.05) is 46.9 Å². The van der Waals surface area contributed by atoms with E-state index >= 15 is 0 Å². The second-order valence-electron chi connectivity index (χ2n) is 5.73. The molecular weight excluding hydrogens is 428 g/mol. The fourth-order valence-corrected chi connectivity index (χ4v) is 3.52. The summed E-state index contributed by atoms with van der Waals surface area (Å²) < 4.78 is 41.3. The third kappa shape index (κ3) is 3.85. The first-order valence-electron chi connectivity index (χ1n) is 7.46. The zero-order chi connectivity index (χ0) is 19.9. The topological polar surface area (TPSA) is 55.7 Å². The van der Waals surface area contributed by atoms with Crippen LogP contribution in [0.2, 0.25) is 15.1 Å². The van der Waals surface area contributed by atoms with Crippen molar-refractivity contribution in [2.24, 2.45) is 11.0 Å². The van der Waals surface area contributed by atoms with E-state index in [0.29, 0.717) is 5.02 Å². The largest absolute Gasteiger partial charge is 0.543 e. The summed E-state index contributed by atoms with van der Waals surface area (Å²) in [6.07, 6.45) is -4.89. The van der Waals surface area contributed by atoms with E-state index in [1.165, 1.54) is 42.5 Å². The summed E-state index contributed by atoms with van der Waals surface area (Å²) in [5.74, 6) is -4.43. The molecule has 4 nitrogen and oxygen atoms in total. The summed E-state index contributed by atoms with van der Waals surface area (Å²) in [5, 5.41) is 16.6. The van der Waals surface area contributed by atoms with Crippen molar-refractivity contribution >= 4 is 52.2 Å².